The highest BCUT2D eigenvalue weighted by Gasteiger charge is 2.20. The van der Waals surface area contributed by atoms with Crippen LogP contribution >= 0.6 is 0 Å². The minimum absolute atomic E-state index is 0.124. The number of rotatable bonds is 5. The highest BCUT2D eigenvalue weighted by Crippen LogP contribution is 2.39. The number of aromatic amines is 1. The van der Waals surface area contributed by atoms with Crippen LogP contribution in [-0.4, -0.2) is 18.3 Å². The van der Waals surface area contributed by atoms with Crippen molar-refractivity contribution in [2.45, 2.75) is 45.4 Å². The molecule has 2 aromatic carbocycles. The first-order valence-corrected chi connectivity index (χ1v) is 9.72. The molecule has 2 heterocycles. The summed E-state index contributed by atoms with van der Waals surface area (Å²) in [6.07, 6.45) is 3.13. The summed E-state index contributed by atoms with van der Waals surface area (Å²) in [5, 5.41) is 1.31. The Morgan fingerprint density at radius 2 is 1.81 bits per heavy atom. The molecule has 0 fully saturated rings. The molecule has 3 N–H and O–H groups in total. The van der Waals surface area contributed by atoms with Crippen LogP contribution in [0.15, 0.2) is 36.4 Å². The van der Waals surface area contributed by atoms with E-state index in [1.165, 1.54) is 27.7 Å². The van der Waals surface area contributed by atoms with Gasteiger partial charge >= 0.3 is 0 Å². The number of hydrogen-bond acceptors (Lipinski definition) is 3. The van der Waals surface area contributed by atoms with E-state index in [9.17, 15) is 0 Å². The van der Waals surface area contributed by atoms with Gasteiger partial charge in [0.25, 0.3) is 0 Å². The molecule has 0 saturated heterocycles. The molecule has 0 spiro atoms. The van der Waals surface area contributed by atoms with E-state index in [-0.39, 0.29) is 5.41 Å². The second kappa shape index (κ2) is 6.93. The molecule has 0 unspecified atom stereocenters. The number of ether oxygens (including phenoxy) is 2. The van der Waals surface area contributed by atoms with Crippen molar-refractivity contribution in [3.63, 3.8) is 0 Å². The Kier molecular flexibility index (Phi) is 4.60. The van der Waals surface area contributed by atoms with Crippen molar-refractivity contribution in [1.29, 1.82) is 0 Å². The molecule has 3 aromatic rings. The monoisotopic (exact) mass is 364 g/mol. The maximum Gasteiger partial charge on any atom is 0.231 e. The highest BCUT2D eigenvalue weighted by atomic mass is 16.7. The van der Waals surface area contributed by atoms with Gasteiger partial charge < -0.3 is 20.2 Å². The third-order valence-electron chi connectivity index (χ3n) is 5.31. The number of H-pyrrole nitrogens is 1. The van der Waals surface area contributed by atoms with Crippen LogP contribution in [0.3, 0.4) is 0 Å². The quantitative estimate of drug-likeness (QED) is 0.616. The number of nitrogens with two attached hydrogens (primary N) is 1. The Balaban J connectivity index is 1.84. The average Bonchev–Trinajstić information content (AvgIpc) is 3.24. The molecule has 1 aliphatic rings. The van der Waals surface area contributed by atoms with Crippen LogP contribution in [0.1, 0.15) is 44.7 Å². The molecule has 27 heavy (non-hydrogen) atoms. The van der Waals surface area contributed by atoms with Crippen LogP contribution in [0.25, 0.3) is 22.2 Å². The Bertz CT molecular complexity index is 966. The number of fused-ring (bicyclic) bond motifs is 2. The fourth-order valence-corrected chi connectivity index (χ4v) is 3.72. The summed E-state index contributed by atoms with van der Waals surface area (Å²) in [4.78, 5) is 3.65. The zero-order chi connectivity index (χ0) is 19.0. The Morgan fingerprint density at radius 1 is 1.00 bits per heavy atom. The molecule has 0 atom stereocenters. The number of hydrogen-bond donors (Lipinski definition) is 2. The van der Waals surface area contributed by atoms with Crippen molar-refractivity contribution >= 4 is 10.9 Å². The van der Waals surface area contributed by atoms with Gasteiger partial charge in [0.15, 0.2) is 11.5 Å². The molecule has 142 valence electrons. The molecule has 4 rings (SSSR count). The van der Waals surface area contributed by atoms with Crippen molar-refractivity contribution in [3.8, 4) is 22.8 Å². The van der Waals surface area contributed by atoms with E-state index in [0.29, 0.717) is 6.79 Å². The molecule has 1 aromatic heterocycles. The van der Waals surface area contributed by atoms with Gasteiger partial charge in [0.05, 0.1) is 0 Å². The second-order valence-electron chi connectivity index (χ2n) is 8.30. The van der Waals surface area contributed by atoms with Crippen LogP contribution in [-0.2, 0) is 11.8 Å². The number of benzene rings is 2. The van der Waals surface area contributed by atoms with Gasteiger partial charge in [-0.2, -0.15) is 0 Å². The van der Waals surface area contributed by atoms with Gasteiger partial charge in [-0.3, -0.25) is 0 Å². The summed E-state index contributed by atoms with van der Waals surface area (Å²) in [5.41, 5.74) is 12.1. The zero-order valence-corrected chi connectivity index (χ0v) is 16.4. The predicted molar refractivity (Wildman–Crippen MR) is 111 cm³/mol. The van der Waals surface area contributed by atoms with Crippen LogP contribution in [0.2, 0.25) is 0 Å². The summed E-state index contributed by atoms with van der Waals surface area (Å²) in [5.74, 6) is 1.63. The van der Waals surface area contributed by atoms with Gasteiger partial charge in [0, 0.05) is 22.2 Å². The Morgan fingerprint density at radius 3 is 2.59 bits per heavy atom. The third kappa shape index (κ3) is 3.42. The van der Waals surface area contributed by atoms with Crippen molar-refractivity contribution in [1.82, 2.24) is 4.98 Å². The maximum absolute atomic E-state index is 5.73. The van der Waals surface area contributed by atoms with Crippen molar-refractivity contribution in [3.05, 3.63) is 47.5 Å². The van der Waals surface area contributed by atoms with Crippen LogP contribution in [0.4, 0.5) is 0 Å². The van der Waals surface area contributed by atoms with E-state index in [1.807, 2.05) is 6.07 Å². The SMILES string of the molecule is CC(C)(C)c1ccc2[nH]c(-c3ccc4c(c3)OCO4)c(CCCCN)c2c1. The lowest BCUT2D eigenvalue weighted by Gasteiger charge is -2.19. The smallest absolute Gasteiger partial charge is 0.231 e. The summed E-state index contributed by atoms with van der Waals surface area (Å²) in [6, 6.07) is 13.0. The molecule has 0 amide bonds. The molecular formula is C23H28N2O2. The first-order chi connectivity index (χ1) is 13.0. The second-order valence-corrected chi connectivity index (χ2v) is 8.30. The van der Waals surface area contributed by atoms with Crippen LogP contribution in [0, 0.1) is 0 Å². The largest absolute Gasteiger partial charge is 0.454 e. The van der Waals surface area contributed by atoms with Crippen LogP contribution in [0.5, 0.6) is 11.5 Å². The van der Waals surface area contributed by atoms with E-state index in [4.69, 9.17) is 15.2 Å². The number of aromatic nitrogens is 1. The van der Waals surface area contributed by atoms with E-state index < -0.39 is 0 Å². The minimum atomic E-state index is 0.124. The van der Waals surface area contributed by atoms with Gasteiger partial charge in [-0.25, -0.2) is 0 Å². The number of nitrogens with one attached hydrogen (secondary N) is 1. The lowest BCUT2D eigenvalue weighted by molar-refractivity contribution is 0.174. The van der Waals surface area contributed by atoms with Gasteiger partial charge in [-0.15, -0.1) is 0 Å². The standard InChI is InChI=1S/C23H28N2O2/c1-23(2,3)16-8-9-19-18(13-16)17(6-4-5-11-24)22(25-19)15-7-10-20-21(12-15)27-14-26-20/h7-10,12-13,25H,4-6,11,14,24H2,1-3H3. The van der Waals surface area contributed by atoms with E-state index in [1.54, 1.807) is 0 Å². The summed E-state index contributed by atoms with van der Waals surface area (Å²) >= 11 is 0. The van der Waals surface area contributed by atoms with Crippen LogP contribution < -0.4 is 15.2 Å². The van der Waals surface area contributed by atoms with E-state index in [2.05, 4.69) is 56.1 Å². The average molecular weight is 364 g/mol. The highest BCUT2D eigenvalue weighted by molar-refractivity contribution is 5.91. The Hall–Kier alpha value is -2.46. The fourth-order valence-electron chi connectivity index (χ4n) is 3.72. The normalized spacial score (nSPS) is 13.5. The van der Waals surface area contributed by atoms with Crippen molar-refractivity contribution < 1.29 is 9.47 Å². The molecule has 0 bridgehead atoms. The van der Waals surface area contributed by atoms with Gasteiger partial charge in [-0.1, -0.05) is 26.8 Å². The first-order valence-electron chi connectivity index (χ1n) is 9.72. The molecule has 0 aliphatic carbocycles. The van der Waals surface area contributed by atoms with E-state index >= 15 is 0 Å². The third-order valence-corrected chi connectivity index (χ3v) is 5.31. The molecule has 4 heteroatoms. The molecule has 0 radical (unpaired) electrons. The maximum atomic E-state index is 5.73. The van der Waals surface area contributed by atoms with Gasteiger partial charge in [-0.05, 0) is 72.7 Å². The lowest BCUT2D eigenvalue weighted by Crippen LogP contribution is -2.10. The number of aryl methyl sites for hydroxylation is 1. The van der Waals surface area contributed by atoms with Gasteiger partial charge in [0.2, 0.25) is 6.79 Å². The van der Waals surface area contributed by atoms with Gasteiger partial charge in [0.1, 0.15) is 0 Å². The lowest BCUT2D eigenvalue weighted by atomic mass is 9.86. The minimum Gasteiger partial charge on any atom is -0.454 e. The van der Waals surface area contributed by atoms with E-state index in [0.717, 1.165) is 42.9 Å². The molecule has 1 aliphatic heterocycles. The fraction of sp³-hybridized carbons (Fsp3) is 0.391. The topological polar surface area (TPSA) is 60.3 Å². The molecular weight excluding hydrogens is 336 g/mol. The molecule has 4 nitrogen and oxygen atoms in total. The van der Waals surface area contributed by atoms with Crippen molar-refractivity contribution in [2.24, 2.45) is 5.73 Å². The summed E-state index contributed by atoms with van der Waals surface area (Å²) in [6.45, 7) is 7.80. The van der Waals surface area contributed by atoms with Crippen molar-refractivity contribution in [2.75, 3.05) is 13.3 Å². The number of unbranched alkanes of at least 4 members (excludes halogenated alkanes) is 1. The summed E-state index contributed by atoms with van der Waals surface area (Å²) in [7, 11) is 0. The summed E-state index contributed by atoms with van der Waals surface area (Å²) < 4.78 is 11.0. The first kappa shape index (κ1) is 17.9. The molecule has 0 saturated carbocycles. The predicted octanol–water partition coefficient (Wildman–Crippen LogP) is 5.14. The Labute approximate surface area is 160 Å². The zero-order valence-electron chi connectivity index (χ0n) is 16.4.